The van der Waals surface area contributed by atoms with Gasteiger partial charge in [0, 0.05) is 34.8 Å². The molecule has 0 N–H and O–H groups in total. The smallest absolute Gasteiger partial charge is 0.376 e. The van der Waals surface area contributed by atoms with Gasteiger partial charge in [0.25, 0.3) is 0 Å². The van der Waals surface area contributed by atoms with E-state index in [0.717, 1.165) is 41.0 Å². The Bertz CT molecular complexity index is 1050. The van der Waals surface area contributed by atoms with Crippen LogP contribution in [-0.4, -0.2) is 48.7 Å². The van der Waals surface area contributed by atoms with E-state index < -0.39 is 39.7 Å². The summed E-state index contributed by atoms with van der Waals surface area (Å²) >= 11 is 5.53. The van der Waals surface area contributed by atoms with Gasteiger partial charge >= 0.3 is 11.9 Å². The first-order chi connectivity index (χ1) is 16.6. The SMILES string of the molecule is CCOC(=O)C(F)(F)CC1CN(S(=O)(=O)c2ccc(Br)cc2)CC1(C#CCCI)C1CCCCC1. The molecule has 5 nitrogen and oxygen atoms in total. The molecule has 3 rings (SSSR count). The zero-order valence-electron chi connectivity index (χ0n) is 19.7. The Kier molecular flexibility index (Phi) is 10.0. The molecule has 0 radical (unpaired) electrons. The largest absolute Gasteiger partial charge is 0.462 e. The second kappa shape index (κ2) is 12.2. The Morgan fingerprint density at radius 2 is 1.91 bits per heavy atom. The number of carbonyl (C=O) groups is 1. The van der Waals surface area contributed by atoms with E-state index in [4.69, 9.17) is 0 Å². The molecule has 1 heterocycles. The van der Waals surface area contributed by atoms with Crippen molar-refractivity contribution in [2.24, 2.45) is 17.3 Å². The molecular formula is C25H31BrF2INO4S. The van der Waals surface area contributed by atoms with Crippen LogP contribution in [0.1, 0.15) is 51.9 Å². The molecule has 35 heavy (non-hydrogen) atoms. The van der Waals surface area contributed by atoms with Crippen LogP contribution in [0.15, 0.2) is 33.6 Å². The summed E-state index contributed by atoms with van der Waals surface area (Å²) in [6.45, 7) is 1.28. The molecule has 2 atom stereocenters. The number of hydrogen-bond acceptors (Lipinski definition) is 4. The first kappa shape index (κ1) is 28.8. The fourth-order valence-corrected chi connectivity index (χ4v) is 7.38. The number of sulfonamides is 1. The third kappa shape index (κ3) is 6.57. The van der Waals surface area contributed by atoms with Gasteiger partial charge in [-0.25, -0.2) is 13.2 Å². The summed E-state index contributed by atoms with van der Waals surface area (Å²) in [5, 5.41) is 0. The molecule has 0 spiro atoms. The van der Waals surface area contributed by atoms with Crippen LogP contribution < -0.4 is 0 Å². The highest BCUT2D eigenvalue weighted by Gasteiger charge is 2.57. The maximum absolute atomic E-state index is 15.0. The molecule has 1 aliphatic carbocycles. The standard InChI is InChI=1S/C25H31BrF2INO4S/c1-2-34-23(31)25(27,28)16-20-17-30(35(32,33)22-12-10-21(26)11-13-22)18-24(20,14-6-7-15-29)19-8-4-3-5-9-19/h10-13,19-20H,2-5,7-9,15-18H2,1H3. The Morgan fingerprint density at radius 1 is 1.26 bits per heavy atom. The van der Waals surface area contributed by atoms with Gasteiger partial charge in [-0.1, -0.05) is 63.7 Å². The van der Waals surface area contributed by atoms with Crippen LogP contribution in [0, 0.1) is 29.1 Å². The summed E-state index contributed by atoms with van der Waals surface area (Å²) in [6, 6.07) is 6.29. The summed E-state index contributed by atoms with van der Waals surface area (Å²) in [7, 11) is -3.93. The molecule has 194 valence electrons. The van der Waals surface area contributed by atoms with E-state index in [1.165, 1.54) is 23.4 Å². The third-order valence-electron chi connectivity index (χ3n) is 6.99. The Labute approximate surface area is 229 Å². The van der Waals surface area contributed by atoms with Crippen molar-refractivity contribution in [3.8, 4) is 11.8 Å². The first-order valence-corrected chi connectivity index (χ1v) is 15.7. The minimum absolute atomic E-state index is 0.00826. The van der Waals surface area contributed by atoms with Gasteiger partial charge in [-0.05, 0) is 55.9 Å². The van der Waals surface area contributed by atoms with E-state index in [9.17, 15) is 13.2 Å². The molecule has 2 fully saturated rings. The van der Waals surface area contributed by atoms with E-state index in [1.807, 2.05) is 0 Å². The molecule has 0 amide bonds. The van der Waals surface area contributed by atoms with Crippen LogP contribution >= 0.6 is 38.5 Å². The second-order valence-corrected chi connectivity index (χ2v) is 13.1. The van der Waals surface area contributed by atoms with Crippen molar-refractivity contribution in [2.75, 3.05) is 24.1 Å². The Morgan fingerprint density at radius 3 is 2.51 bits per heavy atom. The lowest BCUT2D eigenvalue weighted by molar-refractivity contribution is -0.175. The fourth-order valence-electron chi connectivity index (χ4n) is 5.31. The number of nitrogens with zero attached hydrogens (tertiary/aromatic N) is 1. The summed E-state index contributed by atoms with van der Waals surface area (Å²) in [6.07, 6.45) is 4.42. The van der Waals surface area contributed by atoms with Crippen LogP contribution in [0.2, 0.25) is 0 Å². The maximum Gasteiger partial charge on any atom is 0.376 e. The zero-order chi connectivity index (χ0) is 25.7. The molecule has 0 bridgehead atoms. The van der Waals surface area contributed by atoms with Crippen molar-refractivity contribution in [1.82, 2.24) is 4.31 Å². The van der Waals surface area contributed by atoms with Crippen molar-refractivity contribution in [2.45, 2.75) is 62.7 Å². The average molecular weight is 686 g/mol. The summed E-state index contributed by atoms with van der Waals surface area (Å²) < 4.78 is 64.7. The lowest BCUT2D eigenvalue weighted by Crippen LogP contribution is -2.43. The van der Waals surface area contributed by atoms with Gasteiger partial charge in [-0.2, -0.15) is 13.1 Å². The Balaban J connectivity index is 2.05. The number of esters is 1. The number of hydrogen-bond donors (Lipinski definition) is 0. The molecule has 2 unspecified atom stereocenters. The minimum Gasteiger partial charge on any atom is -0.462 e. The molecule has 2 aliphatic rings. The molecule has 0 aromatic heterocycles. The topological polar surface area (TPSA) is 63.7 Å². The van der Waals surface area contributed by atoms with Gasteiger partial charge in [-0.15, -0.1) is 5.92 Å². The van der Waals surface area contributed by atoms with Crippen LogP contribution in [0.3, 0.4) is 0 Å². The van der Waals surface area contributed by atoms with E-state index in [-0.39, 0.29) is 30.5 Å². The predicted octanol–water partition coefficient (Wildman–Crippen LogP) is 6.05. The second-order valence-electron chi connectivity index (χ2n) is 9.19. The normalized spacial score (nSPS) is 24.1. The number of rotatable bonds is 8. The molecule has 1 saturated carbocycles. The minimum atomic E-state index is -3.93. The molecule has 1 aliphatic heterocycles. The van der Waals surface area contributed by atoms with Crippen molar-refractivity contribution < 1.29 is 26.7 Å². The molecule has 1 saturated heterocycles. The fraction of sp³-hybridized carbons (Fsp3) is 0.640. The lowest BCUT2D eigenvalue weighted by Gasteiger charge is -2.40. The van der Waals surface area contributed by atoms with Gasteiger partial charge in [0.1, 0.15) is 0 Å². The molecule has 10 heteroatoms. The van der Waals surface area contributed by atoms with E-state index in [1.54, 1.807) is 12.1 Å². The number of ether oxygens (including phenoxy) is 1. The number of carbonyl (C=O) groups excluding carboxylic acids is 1. The highest BCUT2D eigenvalue weighted by Crippen LogP contribution is 2.52. The zero-order valence-corrected chi connectivity index (χ0v) is 24.3. The summed E-state index contributed by atoms with van der Waals surface area (Å²) in [5.74, 6) is 0.391. The van der Waals surface area contributed by atoms with Crippen molar-refractivity contribution in [1.29, 1.82) is 0 Å². The number of benzene rings is 1. The quantitative estimate of drug-likeness (QED) is 0.145. The predicted molar refractivity (Wildman–Crippen MR) is 143 cm³/mol. The summed E-state index contributed by atoms with van der Waals surface area (Å²) in [5.41, 5.74) is -0.940. The lowest BCUT2D eigenvalue weighted by atomic mass is 9.62. The van der Waals surface area contributed by atoms with Crippen molar-refractivity contribution in [3.05, 3.63) is 28.7 Å². The van der Waals surface area contributed by atoms with E-state index in [0.29, 0.717) is 6.42 Å². The van der Waals surface area contributed by atoms with E-state index >= 15 is 8.78 Å². The van der Waals surface area contributed by atoms with Crippen molar-refractivity contribution >= 4 is 54.5 Å². The van der Waals surface area contributed by atoms with Crippen LogP contribution in [-0.2, 0) is 19.6 Å². The molecule has 1 aromatic carbocycles. The van der Waals surface area contributed by atoms with Gasteiger partial charge in [0.2, 0.25) is 10.0 Å². The van der Waals surface area contributed by atoms with Crippen LogP contribution in [0.4, 0.5) is 8.78 Å². The van der Waals surface area contributed by atoms with Gasteiger partial charge in [0.15, 0.2) is 0 Å². The molecule has 1 aromatic rings. The molecular weight excluding hydrogens is 655 g/mol. The summed E-state index contributed by atoms with van der Waals surface area (Å²) in [4.78, 5) is 12.2. The Hall–Kier alpha value is -0.770. The van der Waals surface area contributed by atoms with Gasteiger partial charge in [0.05, 0.1) is 16.9 Å². The first-order valence-electron chi connectivity index (χ1n) is 11.9. The third-order valence-corrected chi connectivity index (χ3v) is 9.89. The van der Waals surface area contributed by atoms with Crippen LogP contribution in [0.25, 0.3) is 0 Å². The maximum atomic E-state index is 15.0. The van der Waals surface area contributed by atoms with Gasteiger partial charge < -0.3 is 4.74 Å². The number of alkyl halides is 3. The van der Waals surface area contributed by atoms with E-state index in [2.05, 4.69) is 55.1 Å². The monoisotopic (exact) mass is 685 g/mol. The van der Waals surface area contributed by atoms with Gasteiger partial charge in [-0.3, -0.25) is 0 Å². The highest BCUT2D eigenvalue weighted by molar-refractivity contribution is 14.1. The van der Waals surface area contributed by atoms with Crippen molar-refractivity contribution in [3.63, 3.8) is 0 Å². The average Bonchev–Trinajstić information content (AvgIpc) is 3.19. The highest BCUT2D eigenvalue weighted by atomic mass is 127. The number of halogens is 4. The van der Waals surface area contributed by atoms with Crippen LogP contribution in [0.5, 0.6) is 0 Å².